The number of carbonyl (C=O) groups excluding carboxylic acids is 1. The van der Waals surface area contributed by atoms with E-state index in [1.54, 1.807) is 6.92 Å². The molecule has 7 heteroatoms. The molecule has 0 saturated heterocycles. The molecule has 0 bridgehead atoms. The van der Waals surface area contributed by atoms with Crippen LogP contribution in [0.25, 0.3) is 0 Å². The molecule has 1 aromatic rings. The fraction of sp³-hybridized carbons (Fsp3) is 0.545. The molecule has 1 unspecified atom stereocenters. The average molecular weight is 270 g/mol. The molecular formula is C11H18N4O2S. The first-order valence-electron chi connectivity index (χ1n) is 5.67. The van der Waals surface area contributed by atoms with Crippen LogP contribution >= 0.6 is 11.8 Å². The zero-order chi connectivity index (χ0) is 13.8. The maximum absolute atomic E-state index is 11.4. The Hall–Kier alpha value is -1.34. The Morgan fingerprint density at radius 1 is 1.61 bits per heavy atom. The number of aryl methyl sites for hydroxylation is 1. The van der Waals surface area contributed by atoms with Crippen molar-refractivity contribution in [1.29, 1.82) is 0 Å². The average Bonchev–Trinajstić information content (AvgIpc) is 2.26. The van der Waals surface area contributed by atoms with E-state index in [2.05, 4.69) is 9.97 Å². The van der Waals surface area contributed by atoms with Gasteiger partial charge in [-0.15, -0.1) is 0 Å². The smallest absolute Gasteiger partial charge is 0.251 e. The van der Waals surface area contributed by atoms with Crippen LogP contribution in [0.1, 0.15) is 26.0 Å². The van der Waals surface area contributed by atoms with Crippen molar-refractivity contribution in [3.63, 3.8) is 0 Å². The van der Waals surface area contributed by atoms with Crippen molar-refractivity contribution < 1.29 is 4.79 Å². The summed E-state index contributed by atoms with van der Waals surface area (Å²) in [5, 5.41) is 0.462. The fourth-order valence-electron chi connectivity index (χ4n) is 1.23. The molecule has 1 aromatic heterocycles. The monoisotopic (exact) mass is 270 g/mol. The first-order valence-corrected chi connectivity index (χ1v) is 6.65. The van der Waals surface area contributed by atoms with Crippen molar-refractivity contribution in [2.75, 3.05) is 5.75 Å². The maximum atomic E-state index is 11.4. The van der Waals surface area contributed by atoms with Gasteiger partial charge in [0.1, 0.15) is 5.54 Å². The van der Waals surface area contributed by atoms with Gasteiger partial charge in [-0.1, -0.05) is 25.1 Å². The van der Waals surface area contributed by atoms with Gasteiger partial charge in [0.25, 0.3) is 5.56 Å². The number of H-pyrrole nitrogens is 1. The summed E-state index contributed by atoms with van der Waals surface area (Å²) in [6.07, 6.45) is 1.66. The Balaban J connectivity index is 2.79. The Morgan fingerprint density at radius 3 is 2.83 bits per heavy atom. The first-order chi connectivity index (χ1) is 8.35. The third kappa shape index (κ3) is 4.15. The molecule has 0 fully saturated rings. The number of amides is 1. The number of hydrogen-bond donors (Lipinski definition) is 3. The molecule has 100 valence electrons. The standard InChI is InChI=1S/C11H18N4O2S/c1-3-4-7-5-8(16)15-10(14-7)18-6-11(2,13)9(12)17/h5H,3-4,6,13H2,1-2H3,(H2,12,17)(H,14,15,16). The number of nitrogens with two attached hydrogens (primary N) is 2. The number of carbonyl (C=O) groups is 1. The number of aromatic amines is 1. The number of primary amides is 1. The molecule has 0 aliphatic rings. The molecule has 0 spiro atoms. The van der Waals surface area contributed by atoms with E-state index in [9.17, 15) is 9.59 Å². The van der Waals surface area contributed by atoms with Gasteiger partial charge in [0.05, 0.1) is 0 Å². The quantitative estimate of drug-likeness (QED) is 0.498. The highest BCUT2D eigenvalue weighted by molar-refractivity contribution is 7.99. The second kappa shape index (κ2) is 6.01. The highest BCUT2D eigenvalue weighted by Crippen LogP contribution is 2.17. The third-order valence-electron chi connectivity index (χ3n) is 2.35. The van der Waals surface area contributed by atoms with E-state index in [1.807, 2.05) is 6.92 Å². The molecule has 0 aromatic carbocycles. The normalized spacial score (nSPS) is 14.2. The van der Waals surface area contributed by atoms with Crippen LogP contribution in [0.2, 0.25) is 0 Å². The molecule has 1 rings (SSSR count). The van der Waals surface area contributed by atoms with E-state index in [1.165, 1.54) is 17.8 Å². The van der Waals surface area contributed by atoms with Crippen LogP contribution in [-0.2, 0) is 11.2 Å². The Bertz CT molecular complexity index is 484. The van der Waals surface area contributed by atoms with E-state index in [0.717, 1.165) is 18.5 Å². The van der Waals surface area contributed by atoms with Gasteiger partial charge in [0, 0.05) is 17.5 Å². The second-order valence-corrected chi connectivity index (χ2v) is 5.33. The number of hydrogen-bond acceptors (Lipinski definition) is 5. The molecule has 0 aliphatic heterocycles. The summed E-state index contributed by atoms with van der Waals surface area (Å²) in [7, 11) is 0. The van der Waals surface area contributed by atoms with E-state index in [0.29, 0.717) is 5.16 Å². The van der Waals surface area contributed by atoms with Gasteiger partial charge in [-0.3, -0.25) is 9.59 Å². The Morgan fingerprint density at radius 2 is 2.28 bits per heavy atom. The summed E-state index contributed by atoms with van der Waals surface area (Å²) in [5.74, 6) is -0.317. The summed E-state index contributed by atoms with van der Waals surface area (Å²) >= 11 is 1.22. The highest BCUT2D eigenvalue weighted by atomic mass is 32.2. The lowest BCUT2D eigenvalue weighted by atomic mass is 10.1. The molecule has 0 radical (unpaired) electrons. The van der Waals surface area contributed by atoms with Crippen molar-refractivity contribution in [2.45, 2.75) is 37.4 Å². The van der Waals surface area contributed by atoms with Crippen LogP contribution in [0.4, 0.5) is 0 Å². The summed E-state index contributed by atoms with van der Waals surface area (Å²) in [6.45, 7) is 3.57. The summed E-state index contributed by atoms with van der Waals surface area (Å²) in [4.78, 5) is 29.4. The molecule has 1 amide bonds. The van der Waals surface area contributed by atoms with E-state index in [4.69, 9.17) is 11.5 Å². The van der Waals surface area contributed by atoms with Crippen molar-refractivity contribution in [3.8, 4) is 0 Å². The molecule has 0 aliphatic carbocycles. The minimum Gasteiger partial charge on any atom is -0.368 e. The number of nitrogens with zero attached hydrogens (tertiary/aromatic N) is 1. The fourth-order valence-corrected chi connectivity index (χ4v) is 2.16. The summed E-state index contributed by atoms with van der Waals surface area (Å²) in [5.41, 5.74) is 10.3. The molecule has 1 heterocycles. The van der Waals surface area contributed by atoms with Gasteiger partial charge in [0.15, 0.2) is 5.16 Å². The van der Waals surface area contributed by atoms with Gasteiger partial charge in [-0.2, -0.15) is 0 Å². The van der Waals surface area contributed by atoms with Crippen molar-refractivity contribution >= 4 is 17.7 Å². The van der Waals surface area contributed by atoms with Gasteiger partial charge in [-0.05, 0) is 13.3 Å². The highest BCUT2D eigenvalue weighted by Gasteiger charge is 2.26. The van der Waals surface area contributed by atoms with Crippen molar-refractivity contribution in [3.05, 3.63) is 22.1 Å². The van der Waals surface area contributed by atoms with Gasteiger partial charge >= 0.3 is 0 Å². The minimum atomic E-state index is -1.12. The summed E-state index contributed by atoms with van der Waals surface area (Å²) < 4.78 is 0. The van der Waals surface area contributed by atoms with Crippen LogP contribution in [0, 0.1) is 0 Å². The molecule has 0 saturated carbocycles. The van der Waals surface area contributed by atoms with Crippen LogP contribution in [0.3, 0.4) is 0 Å². The van der Waals surface area contributed by atoms with Crippen LogP contribution in [0.15, 0.2) is 16.0 Å². The van der Waals surface area contributed by atoms with Crippen LogP contribution in [0.5, 0.6) is 0 Å². The Kier molecular flexibility index (Phi) is 4.92. The van der Waals surface area contributed by atoms with E-state index < -0.39 is 11.4 Å². The zero-order valence-corrected chi connectivity index (χ0v) is 11.3. The molecule has 5 N–H and O–H groups in total. The number of nitrogens with one attached hydrogen (secondary N) is 1. The van der Waals surface area contributed by atoms with Crippen molar-refractivity contribution in [1.82, 2.24) is 9.97 Å². The Labute approximate surface area is 110 Å². The van der Waals surface area contributed by atoms with Crippen LogP contribution in [-0.4, -0.2) is 27.2 Å². The van der Waals surface area contributed by atoms with Gasteiger partial charge in [0.2, 0.25) is 5.91 Å². The molecule has 18 heavy (non-hydrogen) atoms. The van der Waals surface area contributed by atoms with Gasteiger partial charge < -0.3 is 16.5 Å². The second-order valence-electron chi connectivity index (χ2n) is 4.36. The lowest BCUT2D eigenvalue weighted by Gasteiger charge is -2.19. The molecular weight excluding hydrogens is 252 g/mol. The predicted molar refractivity (Wildman–Crippen MR) is 71.4 cm³/mol. The number of aromatic nitrogens is 2. The van der Waals surface area contributed by atoms with E-state index in [-0.39, 0.29) is 11.3 Å². The molecule has 6 nitrogen and oxygen atoms in total. The number of thioether (sulfide) groups is 1. The van der Waals surface area contributed by atoms with Crippen molar-refractivity contribution in [2.24, 2.45) is 11.5 Å². The van der Waals surface area contributed by atoms with Gasteiger partial charge in [-0.25, -0.2) is 4.98 Å². The first kappa shape index (κ1) is 14.7. The topological polar surface area (TPSA) is 115 Å². The lowest BCUT2D eigenvalue weighted by Crippen LogP contribution is -2.51. The van der Waals surface area contributed by atoms with Crippen LogP contribution < -0.4 is 17.0 Å². The predicted octanol–water partition coefficient (Wildman–Crippen LogP) is 0.0172. The molecule has 1 atom stereocenters. The minimum absolute atomic E-state index is 0.200. The third-order valence-corrected chi connectivity index (χ3v) is 3.56. The number of rotatable bonds is 6. The lowest BCUT2D eigenvalue weighted by molar-refractivity contribution is -0.121. The summed E-state index contributed by atoms with van der Waals surface area (Å²) in [6, 6.07) is 1.48. The maximum Gasteiger partial charge on any atom is 0.251 e. The SMILES string of the molecule is CCCc1cc(=O)[nH]c(SCC(C)(N)C(N)=O)n1. The van der Waals surface area contributed by atoms with E-state index >= 15 is 0 Å². The largest absolute Gasteiger partial charge is 0.368 e. The zero-order valence-electron chi connectivity index (χ0n) is 10.5.